The number of carbonyl (C=O) groups is 1. The van der Waals surface area contributed by atoms with Crippen LogP contribution in [-0.2, 0) is 0 Å². The quantitative estimate of drug-likeness (QED) is 0.912. The molecule has 5 nitrogen and oxygen atoms in total. The fraction of sp³-hybridized carbons (Fsp3) is 0.412. The Labute approximate surface area is 130 Å². The molecule has 1 saturated heterocycles. The lowest BCUT2D eigenvalue weighted by atomic mass is 10.1. The summed E-state index contributed by atoms with van der Waals surface area (Å²) in [6, 6.07) is 7.78. The Kier molecular flexibility index (Phi) is 3.88. The highest BCUT2D eigenvalue weighted by atomic mass is 16.5. The maximum absolute atomic E-state index is 12.6. The monoisotopic (exact) mass is 299 g/mol. The lowest BCUT2D eigenvalue weighted by Crippen LogP contribution is -2.34. The summed E-state index contributed by atoms with van der Waals surface area (Å²) in [4.78, 5) is 14.5. The summed E-state index contributed by atoms with van der Waals surface area (Å²) < 4.78 is 5.15. The molecule has 5 heteroatoms. The van der Waals surface area contributed by atoms with Crippen LogP contribution in [0.4, 0.5) is 10.5 Å². The van der Waals surface area contributed by atoms with Gasteiger partial charge in [0.15, 0.2) is 0 Å². The van der Waals surface area contributed by atoms with Gasteiger partial charge in [-0.05, 0) is 50.8 Å². The molecule has 0 bridgehead atoms. The molecule has 1 atom stereocenters. The van der Waals surface area contributed by atoms with E-state index >= 15 is 0 Å². The van der Waals surface area contributed by atoms with Crippen molar-refractivity contribution in [1.82, 2.24) is 10.1 Å². The third-order valence-electron chi connectivity index (χ3n) is 4.35. The normalized spacial score (nSPS) is 17.8. The second-order valence-corrected chi connectivity index (χ2v) is 5.89. The van der Waals surface area contributed by atoms with Crippen LogP contribution in [0.15, 0.2) is 28.8 Å². The van der Waals surface area contributed by atoms with Crippen molar-refractivity contribution >= 4 is 11.7 Å². The molecular weight excluding hydrogens is 278 g/mol. The summed E-state index contributed by atoms with van der Waals surface area (Å²) in [6.07, 6.45) is 1.91. The first-order valence-electron chi connectivity index (χ1n) is 7.63. The van der Waals surface area contributed by atoms with Crippen LogP contribution in [-0.4, -0.2) is 22.6 Å². The van der Waals surface area contributed by atoms with Crippen LogP contribution < -0.4 is 5.32 Å². The number of amides is 2. The first kappa shape index (κ1) is 14.6. The highest BCUT2D eigenvalue weighted by Crippen LogP contribution is 2.32. The van der Waals surface area contributed by atoms with Gasteiger partial charge in [-0.25, -0.2) is 4.79 Å². The van der Waals surface area contributed by atoms with Crippen molar-refractivity contribution in [2.75, 3.05) is 11.9 Å². The molecule has 1 fully saturated rings. The van der Waals surface area contributed by atoms with E-state index < -0.39 is 0 Å². The summed E-state index contributed by atoms with van der Waals surface area (Å²) in [5.74, 6) is 0.775. The number of hydrogen-bond acceptors (Lipinski definition) is 3. The molecule has 1 aliphatic heterocycles. The van der Waals surface area contributed by atoms with E-state index in [0.717, 1.165) is 42.1 Å². The molecule has 0 unspecified atom stereocenters. The van der Waals surface area contributed by atoms with Crippen molar-refractivity contribution in [3.05, 3.63) is 46.8 Å². The Hall–Kier alpha value is -2.30. The molecule has 0 aliphatic carbocycles. The van der Waals surface area contributed by atoms with E-state index in [1.165, 1.54) is 5.56 Å². The molecule has 1 aliphatic rings. The van der Waals surface area contributed by atoms with Crippen molar-refractivity contribution in [3.8, 4) is 0 Å². The Morgan fingerprint density at radius 2 is 2.18 bits per heavy atom. The van der Waals surface area contributed by atoms with E-state index in [-0.39, 0.29) is 12.1 Å². The zero-order valence-corrected chi connectivity index (χ0v) is 13.2. The first-order valence-corrected chi connectivity index (χ1v) is 7.63. The molecule has 1 aromatic carbocycles. The van der Waals surface area contributed by atoms with Crippen LogP contribution in [0.3, 0.4) is 0 Å². The van der Waals surface area contributed by atoms with Gasteiger partial charge in [0, 0.05) is 18.3 Å². The summed E-state index contributed by atoms with van der Waals surface area (Å²) in [7, 11) is 0. The predicted molar refractivity (Wildman–Crippen MR) is 84.9 cm³/mol. The SMILES string of the molecule is Cc1cc([C@@H]2CCCN2C(=O)Nc2cccc(C)c2C)no1. The van der Waals surface area contributed by atoms with Gasteiger partial charge < -0.3 is 14.7 Å². The maximum Gasteiger partial charge on any atom is 0.322 e. The number of nitrogens with zero attached hydrogens (tertiary/aromatic N) is 2. The van der Waals surface area contributed by atoms with Crippen LogP contribution in [0.1, 0.15) is 41.5 Å². The third-order valence-corrected chi connectivity index (χ3v) is 4.35. The molecule has 2 heterocycles. The fourth-order valence-electron chi connectivity index (χ4n) is 2.93. The predicted octanol–water partition coefficient (Wildman–Crippen LogP) is 3.97. The molecule has 0 radical (unpaired) electrons. The summed E-state index contributed by atoms with van der Waals surface area (Å²) in [6.45, 7) is 6.68. The average Bonchev–Trinajstić information content (AvgIpc) is 3.12. The molecule has 116 valence electrons. The molecule has 1 aromatic heterocycles. The van der Waals surface area contributed by atoms with Gasteiger partial charge in [-0.3, -0.25) is 0 Å². The lowest BCUT2D eigenvalue weighted by Gasteiger charge is -2.24. The zero-order valence-electron chi connectivity index (χ0n) is 13.2. The Bertz CT molecular complexity index is 693. The largest absolute Gasteiger partial charge is 0.361 e. The summed E-state index contributed by atoms with van der Waals surface area (Å²) in [5, 5.41) is 7.10. The molecule has 3 rings (SSSR count). The van der Waals surface area contributed by atoms with Gasteiger partial charge in [0.05, 0.1) is 6.04 Å². The minimum absolute atomic E-state index is 0.00238. The number of aromatic nitrogens is 1. The van der Waals surface area contributed by atoms with E-state index in [0.29, 0.717) is 0 Å². The van der Waals surface area contributed by atoms with Gasteiger partial charge in [0.1, 0.15) is 11.5 Å². The Morgan fingerprint density at radius 1 is 1.36 bits per heavy atom. The summed E-state index contributed by atoms with van der Waals surface area (Å²) in [5.41, 5.74) is 3.98. The molecule has 0 spiro atoms. The minimum Gasteiger partial charge on any atom is -0.361 e. The standard InChI is InChI=1S/C17H21N3O2/c1-11-6-4-7-14(13(11)3)18-17(21)20-9-5-8-16(20)15-10-12(2)22-19-15/h4,6-7,10,16H,5,8-9H2,1-3H3,(H,18,21)/t16-/m0/s1. The van der Waals surface area contributed by atoms with Crippen LogP contribution in [0.2, 0.25) is 0 Å². The van der Waals surface area contributed by atoms with Crippen molar-refractivity contribution in [3.63, 3.8) is 0 Å². The van der Waals surface area contributed by atoms with E-state index in [9.17, 15) is 4.79 Å². The smallest absolute Gasteiger partial charge is 0.322 e. The molecular formula is C17H21N3O2. The second-order valence-electron chi connectivity index (χ2n) is 5.89. The molecule has 2 amide bonds. The highest BCUT2D eigenvalue weighted by Gasteiger charge is 2.32. The van der Waals surface area contributed by atoms with Gasteiger partial charge >= 0.3 is 6.03 Å². The molecule has 2 aromatic rings. The van der Waals surface area contributed by atoms with Crippen molar-refractivity contribution in [2.45, 2.75) is 39.7 Å². The zero-order chi connectivity index (χ0) is 15.7. The number of rotatable bonds is 2. The maximum atomic E-state index is 12.6. The Balaban J connectivity index is 1.78. The van der Waals surface area contributed by atoms with Gasteiger partial charge in [-0.2, -0.15) is 0 Å². The van der Waals surface area contributed by atoms with Crippen molar-refractivity contribution in [2.24, 2.45) is 0 Å². The van der Waals surface area contributed by atoms with Gasteiger partial charge in [-0.15, -0.1) is 0 Å². The Morgan fingerprint density at radius 3 is 2.91 bits per heavy atom. The van der Waals surface area contributed by atoms with E-state index in [1.807, 2.05) is 49.9 Å². The van der Waals surface area contributed by atoms with Crippen LogP contribution in [0.25, 0.3) is 0 Å². The van der Waals surface area contributed by atoms with Crippen LogP contribution in [0, 0.1) is 20.8 Å². The third kappa shape index (κ3) is 2.71. The number of urea groups is 1. The molecule has 0 saturated carbocycles. The number of carbonyl (C=O) groups excluding carboxylic acids is 1. The number of nitrogens with one attached hydrogen (secondary N) is 1. The number of aryl methyl sites for hydroxylation is 2. The first-order chi connectivity index (χ1) is 10.6. The fourth-order valence-corrected chi connectivity index (χ4v) is 2.93. The van der Waals surface area contributed by atoms with Gasteiger partial charge in [0.25, 0.3) is 0 Å². The average molecular weight is 299 g/mol. The van der Waals surface area contributed by atoms with E-state index in [1.54, 1.807) is 0 Å². The van der Waals surface area contributed by atoms with E-state index in [4.69, 9.17) is 4.52 Å². The second kappa shape index (κ2) is 5.83. The van der Waals surface area contributed by atoms with Crippen molar-refractivity contribution in [1.29, 1.82) is 0 Å². The number of anilines is 1. The molecule has 22 heavy (non-hydrogen) atoms. The minimum atomic E-state index is -0.0724. The number of likely N-dealkylation sites (tertiary alicyclic amines) is 1. The lowest BCUT2D eigenvalue weighted by molar-refractivity contribution is 0.204. The van der Waals surface area contributed by atoms with Crippen molar-refractivity contribution < 1.29 is 9.32 Å². The number of benzene rings is 1. The molecule has 1 N–H and O–H groups in total. The van der Waals surface area contributed by atoms with Gasteiger partial charge in [-0.1, -0.05) is 17.3 Å². The van der Waals surface area contributed by atoms with Crippen LogP contribution >= 0.6 is 0 Å². The number of hydrogen-bond donors (Lipinski definition) is 1. The summed E-state index contributed by atoms with van der Waals surface area (Å²) >= 11 is 0. The highest BCUT2D eigenvalue weighted by molar-refractivity contribution is 5.90. The topological polar surface area (TPSA) is 58.4 Å². The van der Waals surface area contributed by atoms with Gasteiger partial charge in [0.2, 0.25) is 0 Å². The van der Waals surface area contributed by atoms with Crippen LogP contribution in [0.5, 0.6) is 0 Å². The van der Waals surface area contributed by atoms with E-state index in [2.05, 4.69) is 10.5 Å².